The first-order chi connectivity index (χ1) is 8.61. The Morgan fingerprint density at radius 3 is 2.79 bits per heavy atom. The minimum absolute atomic E-state index is 0. The van der Waals surface area contributed by atoms with Crippen molar-refractivity contribution in [1.82, 2.24) is 10.2 Å². The average Bonchev–Trinajstić information content (AvgIpc) is 2.93. The number of guanidine groups is 1. The number of rotatable bonds is 3. The van der Waals surface area contributed by atoms with Gasteiger partial charge in [-0.2, -0.15) is 0 Å². The quantitative estimate of drug-likeness (QED) is 0.464. The van der Waals surface area contributed by atoms with Gasteiger partial charge in [0.1, 0.15) is 0 Å². The van der Waals surface area contributed by atoms with Crippen LogP contribution in [0.3, 0.4) is 0 Å². The van der Waals surface area contributed by atoms with E-state index < -0.39 is 0 Å². The van der Waals surface area contributed by atoms with Crippen LogP contribution in [0.1, 0.15) is 40.0 Å². The molecular formula is C14H28IN3O. The second-order valence-electron chi connectivity index (χ2n) is 6.17. The maximum absolute atomic E-state index is 5.63. The predicted octanol–water partition coefficient (Wildman–Crippen LogP) is 2.48. The van der Waals surface area contributed by atoms with Crippen LogP contribution in [0.4, 0.5) is 0 Å². The van der Waals surface area contributed by atoms with Crippen molar-refractivity contribution in [2.75, 3.05) is 32.8 Å². The molecule has 0 aliphatic carbocycles. The number of aliphatic imine (C=N–C) groups is 1. The smallest absolute Gasteiger partial charge is 0.194 e. The van der Waals surface area contributed by atoms with E-state index in [1.807, 2.05) is 0 Å². The summed E-state index contributed by atoms with van der Waals surface area (Å²) in [6, 6.07) is 0. The lowest BCUT2D eigenvalue weighted by molar-refractivity contribution is 0.117. The van der Waals surface area contributed by atoms with E-state index in [4.69, 9.17) is 9.73 Å². The highest BCUT2D eigenvalue weighted by Gasteiger charge is 2.31. The topological polar surface area (TPSA) is 36.9 Å². The van der Waals surface area contributed by atoms with Crippen molar-refractivity contribution in [2.45, 2.75) is 46.1 Å². The summed E-state index contributed by atoms with van der Waals surface area (Å²) in [7, 11) is 0. The van der Waals surface area contributed by atoms with Gasteiger partial charge in [-0.15, -0.1) is 24.0 Å². The molecule has 4 nitrogen and oxygen atoms in total. The summed E-state index contributed by atoms with van der Waals surface area (Å²) in [6.45, 7) is 11.7. The third-order valence-electron chi connectivity index (χ3n) is 3.78. The molecule has 0 aromatic carbocycles. The first-order valence-corrected chi connectivity index (χ1v) is 7.25. The van der Waals surface area contributed by atoms with Gasteiger partial charge in [0, 0.05) is 26.2 Å². The van der Waals surface area contributed by atoms with Crippen molar-refractivity contribution in [3.8, 4) is 0 Å². The van der Waals surface area contributed by atoms with Crippen molar-refractivity contribution in [1.29, 1.82) is 0 Å². The molecule has 2 saturated heterocycles. The largest absolute Gasteiger partial charge is 0.376 e. The maximum Gasteiger partial charge on any atom is 0.194 e. The molecule has 2 heterocycles. The zero-order chi connectivity index (χ0) is 13.0. The van der Waals surface area contributed by atoms with Crippen LogP contribution in [0.25, 0.3) is 0 Å². The van der Waals surface area contributed by atoms with Gasteiger partial charge in [0.15, 0.2) is 5.96 Å². The van der Waals surface area contributed by atoms with Crippen LogP contribution < -0.4 is 5.32 Å². The molecular weight excluding hydrogens is 353 g/mol. The first-order valence-electron chi connectivity index (χ1n) is 7.25. The van der Waals surface area contributed by atoms with Crippen molar-refractivity contribution >= 4 is 29.9 Å². The molecule has 0 amide bonds. The molecule has 1 atom stereocenters. The predicted molar refractivity (Wildman–Crippen MR) is 90.3 cm³/mol. The number of halogens is 1. The molecule has 0 aromatic heterocycles. The van der Waals surface area contributed by atoms with Gasteiger partial charge in [-0.25, -0.2) is 0 Å². The van der Waals surface area contributed by atoms with Gasteiger partial charge in [-0.3, -0.25) is 4.99 Å². The van der Waals surface area contributed by atoms with E-state index in [2.05, 4.69) is 31.0 Å². The van der Waals surface area contributed by atoms with Gasteiger partial charge >= 0.3 is 0 Å². The molecule has 2 rings (SSSR count). The van der Waals surface area contributed by atoms with Crippen LogP contribution in [0.5, 0.6) is 0 Å². The lowest BCUT2D eigenvalue weighted by atomic mass is 9.93. The SMILES string of the molecule is CCNC(=NCC1CCCO1)N1CCC(C)(C)C1.I. The van der Waals surface area contributed by atoms with E-state index in [0.29, 0.717) is 11.5 Å². The summed E-state index contributed by atoms with van der Waals surface area (Å²) >= 11 is 0. The van der Waals surface area contributed by atoms with E-state index in [0.717, 1.165) is 45.2 Å². The van der Waals surface area contributed by atoms with Gasteiger partial charge in [0.2, 0.25) is 0 Å². The Bertz CT molecular complexity index is 301. The molecule has 112 valence electrons. The van der Waals surface area contributed by atoms with Gasteiger partial charge in [-0.05, 0) is 31.6 Å². The Morgan fingerprint density at radius 2 is 2.26 bits per heavy atom. The maximum atomic E-state index is 5.63. The summed E-state index contributed by atoms with van der Waals surface area (Å²) in [4.78, 5) is 7.14. The van der Waals surface area contributed by atoms with Crippen LogP contribution in [-0.4, -0.2) is 49.7 Å². The fourth-order valence-electron chi connectivity index (χ4n) is 2.70. The molecule has 0 spiro atoms. The molecule has 0 radical (unpaired) electrons. The molecule has 2 aliphatic heterocycles. The highest BCUT2D eigenvalue weighted by molar-refractivity contribution is 14.0. The molecule has 0 saturated carbocycles. The lowest BCUT2D eigenvalue weighted by Gasteiger charge is -2.24. The molecule has 0 aromatic rings. The molecule has 1 unspecified atom stereocenters. The third kappa shape index (κ3) is 5.10. The molecule has 2 aliphatic rings. The van der Waals surface area contributed by atoms with Gasteiger partial charge < -0.3 is 15.0 Å². The number of ether oxygens (including phenoxy) is 1. The summed E-state index contributed by atoms with van der Waals surface area (Å²) in [5, 5.41) is 3.41. The Hall–Kier alpha value is -0.0400. The summed E-state index contributed by atoms with van der Waals surface area (Å²) < 4.78 is 5.63. The zero-order valence-corrected chi connectivity index (χ0v) is 14.8. The van der Waals surface area contributed by atoms with Crippen LogP contribution in [0, 0.1) is 5.41 Å². The van der Waals surface area contributed by atoms with Crippen LogP contribution in [0.2, 0.25) is 0 Å². The Kier molecular flexibility index (Phi) is 6.86. The summed E-state index contributed by atoms with van der Waals surface area (Å²) in [5.74, 6) is 1.07. The van der Waals surface area contributed by atoms with E-state index >= 15 is 0 Å². The van der Waals surface area contributed by atoms with Gasteiger partial charge in [-0.1, -0.05) is 13.8 Å². The van der Waals surface area contributed by atoms with E-state index in [1.165, 1.54) is 12.8 Å². The number of hydrogen-bond donors (Lipinski definition) is 1. The van der Waals surface area contributed by atoms with Crippen molar-refractivity contribution < 1.29 is 4.74 Å². The lowest BCUT2D eigenvalue weighted by Crippen LogP contribution is -2.41. The third-order valence-corrected chi connectivity index (χ3v) is 3.78. The van der Waals surface area contributed by atoms with Gasteiger partial charge in [0.05, 0.1) is 12.6 Å². The fourth-order valence-corrected chi connectivity index (χ4v) is 2.70. The molecule has 5 heteroatoms. The number of hydrogen-bond acceptors (Lipinski definition) is 2. The minimum Gasteiger partial charge on any atom is -0.376 e. The highest BCUT2D eigenvalue weighted by atomic mass is 127. The molecule has 2 fully saturated rings. The highest BCUT2D eigenvalue weighted by Crippen LogP contribution is 2.28. The Morgan fingerprint density at radius 1 is 1.47 bits per heavy atom. The normalized spacial score (nSPS) is 26.4. The average molecular weight is 381 g/mol. The first kappa shape index (κ1) is 17.0. The second-order valence-corrected chi connectivity index (χ2v) is 6.17. The summed E-state index contributed by atoms with van der Waals surface area (Å²) in [5.41, 5.74) is 0.417. The van der Waals surface area contributed by atoms with Crippen LogP contribution in [-0.2, 0) is 4.74 Å². The molecule has 19 heavy (non-hydrogen) atoms. The number of likely N-dealkylation sites (tertiary alicyclic amines) is 1. The monoisotopic (exact) mass is 381 g/mol. The summed E-state index contributed by atoms with van der Waals surface area (Å²) in [6.07, 6.45) is 3.94. The fraction of sp³-hybridized carbons (Fsp3) is 0.929. The van der Waals surface area contributed by atoms with Crippen molar-refractivity contribution in [2.24, 2.45) is 10.4 Å². The van der Waals surface area contributed by atoms with Crippen LogP contribution >= 0.6 is 24.0 Å². The van der Waals surface area contributed by atoms with Crippen LogP contribution in [0.15, 0.2) is 4.99 Å². The van der Waals surface area contributed by atoms with Crippen molar-refractivity contribution in [3.05, 3.63) is 0 Å². The Labute approximate surface area is 134 Å². The second kappa shape index (κ2) is 7.67. The van der Waals surface area contributed by atoms with Crippen molar-refractivity contribution in [3.63, 3.8) is 0 Å². The van der Waals surface area contributed by atoms with Gasteiger partial charge in [0.25, 0.3) is 0 Å². The Balaban J connectivity index is 0.00000180. The molecule has 1 N–H and O–H groups in total. The standard InChI is InChI=1S/C14H27N3O.HI/c1-4-15-13(16-10-12-6-5-9-18-12)17-8-7-14(2,3)11-17;/h12H,4-11H2,1-3H3,(H,15,16);1H. The van der Waals surface area contributed by atoms with E-state index in [1.54, 1.807) is 0 Å². The molecule has 0 bridgehead atoms. The number of nitrogens with zero attached hydrogens (tertiary/aromatic N) is 2. The van der Waals surface area contributed by atoms with E-state index in [-0.39, 0.29) is 24.0 Å². The number of nitrogens with one attached hydrogen (secondary N) is 1. The zero-order valence-electron chi connectivity index (χ0n) is 12.4. The minimum atomic E-state index is 0. The van der Waals surface area contributed by atoms with E-state index in [9.17, 15) is 0 Å².